The molecule has 2 rings (SSSR count). The van der Waals surface area contributed by atoms with Gasteiger partial charge in [-0.3, -0.25) is 0 Å². The summed E-state index contributed by atoms with van der Waals surface area (Å²) < 4.78 is 8.51. The van der Waals surface area contributed by atoms with Crippen LogP contribution >= 0.6 is 0 Å². The van der Waals surface area contributed by atoms with E-state index in [0.717, 1.165) is 22.4 Å². The Bertz CT molecular complexity index is 358. The molecule has 0 spiro atoms. The Balaban J connectivity index is 2.96. The molecule has 11 heavy (non-hydrogen) atoms. The van der Waals surface area contributed by atoms with E-state index in [2.05, 4.69) is 18.2 Å². The third-order valence-electron chi connectivity index (χ3n) is 1.52. The molecular formula is C6H6N4Se. The van der Waals surface area contributed by atoms with Crippen LogP contribution < -0.4 is 0 Å². The second-order valence-electron chi connectivity index (χ2n) is 2.33. The van der Waals surface area contributed by atoms with E-state index in [1.165, 1.54) is 0 Å². The molecule has 0 atom stereocenters. The maximum absolute atomic E-state index is 4.25. The van der Waals surface area contributed by atoms with Crippen LogP contribution in [0.5, 0.6) is 0 Å². The Morgan fingerprint density at radius 1 is 0.909 bits per heavy atom. The van der Waals surface area contributed by atoms with Crippen LogP contribution in [0.4, 0.5) is 0 Å². The van der Waals surface area contributed by atoms with E-state index < -0.39 is 0 Å². The molecule has 0 fully saturated rings. The third kappa shape index (κ3) is 0.968. The number of aromatic nitrogens is 4. The summed E-state index contributed by atoms with van der Waals surface area (Å²) in [5.41, 5.74) is 3.65. The van der Waals surface area contributed by atoms with Gasteiger partial charge in [-0.25, -0.2) is 0 Å². The fourth-order valence-corrected chi connectivity index (χ4v) is 2.25. The van der Waals surface area contributed by atoms with Crippen molar-refractivity contribution in [2.75, 3.05) is 0 Å². The van der Waals surface area contributed by atoms with Gasteiger partial charge in [0.25, 0.3) is 0 Å². The van der Waals surface area contributed by atoms with E-state index in [4.69, 9.17) is 0 Å². The van der Waals surface area contributed by atoms with Crippen molar-refractivity contribution >= 4 is 26.0 Å². The standard InChI is InChI=1S/C6H6N4Se/c1-3-5-6(10-11-9-5)4(2)8-7-3/h1-2H3. The van der Waals surface area contributed by atoms with Crippen molar-refractivity contribution in [2.24, 2.45) is 0 Å². The van der Waals surface area contributed by atoms with Crippen LogP contribution in [-0.4, -0.2) is 33.1 Å². The van der Waals surface area contributed by atoms with Gasteiger partial charge in [0, 0.05) is 0 Å². The number of nitrogens with zero attached hydrogens (tertiary/aromatic N) is 4. The quantitative estimate of drug-likeness (QED) is 0.582. The molecule has 0 bridgehead atoms. The van der Waals surface area contributed by atoms with Crippen LogP contribution in [0.1, 0.15) is 11.4 Å². The van der Waals surface area contributed by atoms with Gasteiger partial charge in [0.2, 0.25) is 0 Å². The van der Waals surface area contributed by atoms with Crippen LogP contribution in [0.3, 0.4) is 0 Å². The van der Waals surface area contributed by atoms with Gasteiger partial charge in [0.1, 0.15) is 0 Å². The normalized spacial score (nSPS) is 10.7. The van der Waals surface area contributed by atoms with E-state index in [1.54, 1.807) is 0 Å². The van der Waals surface area contributed by atoms with Crippen molar-refractivity contribution in [1.82, 2.24) is 18.2 Å². The van der Waals surface area contributed by atoms with Gasteiger partial charge in [-0.1, -0.05) is 0 Å². The minimum atomic E-state index is 0.0303. The van der Waals surface area contributed by atoms with Crippen molar-refractivity contribution in [2.45, 2.75) is 13.8 Å². The molecule has 2 aromatic rings. The zero-order valence-electron chi connectivity index (χ0n) is 6.20. The summed E-state index contributed by atoms with van der Waals surface area (Å²) in [4.78, 5) is 0. The summed E-state index contributed by atoms with van der Waals surface area (Å²) >= 11 is 0.0303. The van der Waals surface area contributed by atoms with Gasteiger partial charge >= 0.3 is 69.4 Å². The molecule has 0 amide bonds. The molecule has 0 aromatic carbocycles. The number of fused-ring (bicyclic) bond motifs is 1. The Kier molecular flexibility index (Phi) is 1.47. The molecule has 2 heterocycles. The monoisotopic (exact) mass is 214 g/mol. The van der Waals surface area contributed by atoms with E-state index in [9.17, 15) is 0 Å². The predicted octanol–water partition coefficient (Wildman–Crippen LogP) is 0.0936. The van der Waals surface area contributed by atoms with Crippen molar-refractivity contribution < 1.29 is 0 Å². The van der Waals surface area contributed by atoms with Crippen LogP contribution in [0.15, 0.2) is 0 Å². The third-order valence-corrected chi connectivity index (χ3v) is 2.63. The Morgan fingerprint density at radius 3 is 1.82 bits per heavy atom. The van der Waals surface area contributed by atoms with Crippen molar-refractivity contribution in [1.29, 1.82) is 0 Å². The second kappa shape index (κ2) is 2.36. The molecule has 0 aliphatic rings. The molecule has 0 aliphatic heterocycles. The molecule has 0 N–H and O–H groups in total. The van der Waals surface area contributed by atoms with Crippen molar-refractivity contribution in [3.8, 4) is 0 Å². The minimum absolute atomic E-state index is 0.0303. The molecule has 56 valence electrons. The second-order valence-corrected chi connectivity index (χ2v) is 3.44. The Labute approximate surface area is 69.9 Å². The SMILES string of the molecule is Cc1nnc(C)c2n[se]nc12. The number of aryl methyl sites for hydroxylation is 2. The molecule has 2 aromatic heterocycles. The molecule has 0 unspecified atom stereocenters. The van der Waals surface area contributed by atoms with E-state index >= 15 is 0 Å². The fourth-order valence-electron chi connectivity index (χ4n) is 0.908. The van der Waals surface area contributed by atoms with E-state index in [-0.39, 0.29) is 15.0 Å². The van der Waals surface area contributed by atoms with Gasteiger partial charge in [-0.15, -0.1) is 0 Å². The van der Waals surface area contributed by atoms with Crippen LogP contribution in [0.2, 0.25) is 0 Å². The summed E-state index contributed by atoms with van der Waals surface area (Å²) in [6, 6.07) is 0. The van der Waals surface area contributed by atoms with Crippen LogP contribution in [0.25, 0.3) is 11.0 Å². The van der Waals surface area contributed by atoms with Gasteiger partial charge in [-0.2, -0.15) is 0 Å². The summed E-state index contributed by atoms with van der Waals surface area (Å²) in [6.45, 7) is 3.82. The van der Waals surface area contributed by atoms with Crippen LogP contribution in [0, 0.1) is 13.8 Å². The van der Waals surface area contributed by atoms with E-state index in [1.807, 2.05) is 13.8 Å². The molecular weight excluding hydrogens is 207 g/mol. The van der Waals surface area contributed by atoms with Gasteiger partial charge in [0.15, 0.2) is 0 Å². The Hall–Kier alpha value is -0.801. The first kappa shape index (κ1) is 6.88. The van der Waals surface area contributed by atoms with Gasteiger partial charge in [-0.05, 0) is 0 Å². The molecule has 5 heteroatoms. The summed E-state index contributed by atoms with van der Waals surface area (Å²) in [5, 5.41) is 7.91. The summed E-state index contributed by atoms with van der Waals surface area (Å²) in [7, 11) is 0. The van der Waals surface area contributed by atoms with Gasteiger partial charge in [0.05, 0.1) is 0 Å². The number of rotatable bonds is 0. The maximum atomic E-state index is 4.25. The average Bonchev–Trinajstić information content (AvgIpc) is 2.45. The molecule has 4 nitrogen and oxygen atoms in total. The topological polar surface area (TPSA) is 51.6 Å². The number of hydrogen-bond donors (Lipinski definition) is 0. The zero-order chi connectivity index (χ0) is 7.84. The molecule has 0 aliphatic carbocycles. The average molecular weight is 213 g/mol. The van der Waals surface area contributed by atoms with Gasteiger partial charge < -0.3 is 0 Å². The number of hydrogen-bond acceptors (Lipinski definition) is 4. The summed E-state index contributed by atoms with van der Waals surface area (Å²) in [6.07, 6.45) is 0. The first-order valence-electron chi connectivity index (χ1n) is 3.21. The Morgan fingerprint density at radius 2 is 1.36 bits per heavy atom. The molecule has 0 radical (unpaired) electrons. The molecule has 0 saturated heterocycles. The predicted molar refractivity (Wildman–Crippen MR) is 41.5 cm³/mol. The first-order valence-corrected chi connectivity index (χ1v) is 4.74. The fraction of sp³-hybridized carbons (Fsp3) is 0.333. The van der Waals surface area contributed by atoms with Crippen molar-refractivity contribution in [3.63, 3.8) is 0 Å². The molecule has 0 saturated carbocycles. The van der Waals surface area contributed by atoms with Crippen LogP contribution in [-0.2, 0) is 0 Å². The van der Waals surface area contributed by atoms with E-state index in [0.29, 0.717) is 0 Å². The summed E-state index contributed by atoms with van der Waals surface area (Å²) in [5.74, 6) is 0. The van der Waals surface area contributed by atoms with Crippen molar-refractivity contribution in [3.05, 3.63) is 11.4 Å². The zero-order valence-corrected chi connectivity index (χ0v) is 7.91. The first-order chi connectivity index (χ1) is 5.29.